The first kappa shape index (κ1) is 18.6. The van der Waals surface area contributed by atoms with E-state index >= 15 is 0 Å². The molecule has 5 nitrogen and oxygen atoms in total. The number of fused-ring (bicyclic) bond motifs is 2. The van der Waals surface area contributed by atoms with E-state index in [1.807, 2.05) is 36.4 Å². The third kappa shape index (κ3) is 4.07. The Labute approximate surface area is 168 Å². The number of benzene rings is 2. The highest BCUT2D eigenvalue weighted by atomic mass is 32.2. The number of rotatable bonds is 5. The van der Waals surface area contributed by atoms with Gasteiger partial charge in [-0.2, -0.15) is 0 Å². The summed E-state index contributed by atoms with van der Waals surface area (Å²) >= 11 is 1.45. The predicted octanol–water partition coefficient (Wildman–Crippen LogP) is 3.90. The zero-order valence-corrected chi connectivity index (χ0v) is 16.7. The number of ether oxygens (including phenoxy) is 2. The van der Waals surface area contributed by atoms with Crippen LogP contribution in [0.5, 0.6) is 11.5 Å². The second-order valence-corrected chi connectivity index (χ2v) is 7.83. The molecule has 0 radical (unpaired) electrons. The van der Waals surface area contributed by atoms with Crippen LogP contribution in [-0.2, 0) is 4.79 Å². The number of aromatic nitrogens is 1. The summed E-state index contributed by atoms with van der Waals surface area (Å²) in [6, 6.07) is 15.8. The van der Waals surface area contributed by atoms with E-state index in [9.17, 15) is 4.79 Å². The smallest absolute Gasteiger partial charge is 0.230 e. The average molecular weight is 394 g/mol. The van der Waals surface area contributed by atoms with Crippen molar-refractivity contribution in [1.82, 2.24) is 10.3 Å². The lowest BCUT2D eigenvalue weighted by molar-refractivity contribution is -0.119. The first-order valence-electron chi connectivity index (χ1n) is 9.25. The lowest BCUT2D eigenvalue weighted by atomic mass is 10.1. The van der Waals surface area contributed by atoms with E-state index in [4.69, 9.17) is 14.5 Å². The number of pyridine rings is 1. The van der Waals surface area contributed by atoms with Crippen molar-refractivity contribution in [1.29, 1.82) is 0 Å². The molecule has 0 saturated heterocycles. The Kier molecular flexibility index (Phi) is 5.39. The lowest BCUT2D eigenvalue weighted by Crippen LogP contribution is -2.41. The zero-order valence-electron chi connectivity index (χ0n) is 15.9. The number of nitrogens with one attached hydrogen (secondary N) is 1. The van der Waals surface area contributed by atoms with Gasteiger partial charge in [-0.3, -0.25) is 4.79 Å². The molecule has 0 saturated carbocycles. The van der Waals surface area contributed by atoms with Gasteiger partial charge in [-0.25, -0.2) is 4.98 Å². The molecule has 0 unspecified atom stereocenters. The summed E-state index contributed by atoms with van der Waals surface area (Å²) in [7, 11) is 0. The first-order valence-corrected chi connectivity index (χ1v) is 10.2. The highest BCUT2D eigenvalue weighted by Gasteiger charge is 2.21. The number of carbonyl (C=O) groups is 1. The molecule has 6 heteroatoms. The van der Waals surface area contributed by atoms with Gasteiger partial charge in [0.25, 0.3) is 0 Å². The molecule has 0 bridgehead atoms. The minimum atomic E-state index is -0.187. The molecule has 0 aliphatic carbocycles. The van der Waals surface area contributed by atoms with Crippen LogP contribution in [0.2, 0.25) is 0 Å². The molecular formula is C22H22N2O3S. The van der Waals surface area contributed by atoms with E-state index < -0.39 is 0 Å². The van der Waals surface area contributed by atoms with Gasteiger partial charge in [0.2, 0.25) is 5.91 Å². The Hall–Kier alpha value is -2.73. The number of hydrogen-bond donors (Lipinski definition) is 1. The van der Waals surface area contributed by atoms with Gasteiger partial charge in [0.15, 0.2) is 11.5 Å². The third-order valence-electron chi connectivity index (χ3n) is 4.67. The summed E-state index contributed by atoms with van der Waals surface area (Å²) in [5.74, 6) is 1.73. The van der Waals surface area contributed by atoms with Crippen LogP contribution in [0.1, 0.15) is 11.1 Å². The fourth-order valence-corrected chi connectivity index (χ4v) is 3.98. The summed E-state index contributed by atoms with van der Waals surface area (Å²) in [5.41, 5.74) is 3.31. The highest BCUT2D eigenvalue weighted by Crippen LogP contribution is 2.30. The molecule has 2 aromatic carbocycles. The summed E-state index contributed by atoms with van der Waals surface area (Å²) < 4.78 is 11.5. The van der Waals surface area contributed by atoms with Crippen molar-refractivity contribution in [2.75, 3.05) is 18.9 Å². The van der Waals surface area contributed by atoms with Crippen LogP contribution in [0.15, 0.2) is 53.6 Å². The molecule has 2 heterocycles. The van der Waals surface area contributed by atoms with Crippen LogP contribution < -0.4 is 14.8 Å². The van der Waals surface area contributed by atoms with Gasteiger partial charge < -0.3 is 14.8 Å². The molecule has 0 spiro atoms. The monoisotopic (exact) mass is 394 g/mol. The van der Waals surface area contributed by atoms with Crippen LogP contribution in [0, 0.1) is 13.8 Å². The Morgan fingerprint density at radius 2 is 1.96 bits per heavy atom. The van der Waals surface area contributed by atoms with Crippen molar-refractivity contribution >= 4 is 28.6 Å². The van der Waals surface area contributed by atoms with Crippen LogP contribution >= 0.6 is 11.8 Å². The van der Waals surface area contributed by atoms with Crippen molar-refractivity contribution in [2.45, 2.75) is 25.0 Å². The minimum Gasteiger partial charge on any atom is -0.486 e. The Balaban J connectivity index is 1.32. The van der Waals surface area contributed by atoms with E-state index in [0.717, 1.165) is 27.2 Å². The quantitative estimate of drug-likeness (QED) is 0.665. The van der Waals surface area contributed by atoms with Crippen LogP contribution in [0.4, 0.5) is 0 Å². The maximum Gasteiger partial charge on any atom is 0.230 e. The minimum absolute atomic E-state index is 0.0446. The molecule has 4 rings (SSSR count). The van der Waals surface area contributed by atoms with E-state index in [2.05, 4.69) is 31.3 Å². The fraction of sp³-hybridized carbons (Fsp3) is 0.273. The number of thioether (sulfide) groups is 1. The second-order valence-electron chi connectivity index (χ2n) is 6.84. The van der Waals surface area contributed by atoms with E-state index in [1.54, 1.807) is 0 Å². The summed E-state index contributed by atoms with van der Waals surface area (Å²) in [4.78, 5) is 17.0. The van der Waals surface area contributed by atoms with Gasteiger partial charge in [-0.05, 0) is 43.2 Å². The molecule has 1 aliphatic heterocycles. The normalized spacial score (nSPS) is 15.4. The van der Waals surface area contributed by atoms with Crippen molar-refractivity contribution in [3.8, 4) is 11.5 Å². The molecule has 1 aromatic heterocycles. The van der Waals surface area contributed by atoms with Crippen molar-refractivity contribution in [3.63, 3.8) is 0 Å². The Morgan fingerprint density at radius 1 is 1.14 bits per heavy atom. The lowest BCUT2D eigenvalue weighted by Gasteiger charge is -2.26. The number of amides is 1. The summed E-state index contributed by atoms with van der Waals surface area (Å²) in [6.45, 7) is 4.97. The SMILES string of the molecule is Cc1cc(SCC(=O)NC[C@H]2COc3ccccc3O2)nc2c(C)cccc12. The maximum absolute atomic E-state index is 12.3. The molecule has 1 N–H and O–H groups in total. The van der Waals surface area contributed by atoms with Crippen LogP contribution in [0.3, 0.4) is 0 Å². The molecule has 1 atom stereocenters. The average Bonchev–Trinajstić information content (AvgIpc) is 2.71. The number of hydrogen-bond acceptors (Lipinski definition) is 5. The van der Waals surface area contributed by atoms with Gasteiger partial charge in [-0.1, -0.05) is 42.1 Å². The van der Waals surface area contributed by atoms with Crippen molar-refractivity contribution < 1.29 is 14.3 Å². The van der Waals surface area contributed by atoms with Gasteiger partial charge >= 0.3 is 0 Å². The third-order valence-corrected chi connectivity index (χ3v) is 5.58. The van der Waals surface area contributed by atoms with Crippen molar-refractivity contribution in [2.24, 2.45) is 0 Å². The van der Waals surface area contributed by atoms with E-state index in [-0.39, 0.29) is 12.0 Å². The van der Waals surface area contributed by atoms with Gasteiger partial charge in [0.05, 0.1) is 22.8 Å². The van der Waals surface area contributed by atoms with Crippen molar-refractivity contribution in [3.05, 3.63) is 59.7 Å². The highest BCUT2D eigenvalue weighted by molar-refractivity contribution is 7.99. The number of nitrogens with zero attached hydrogens (tertiary/aromatic N) is 1. The summed E-state index contributed by atoms with van der Waals surface area (Å²) in [6.07, 6.45) is -0.187. The van der Waals surface area contributed by atoms with Gasteiger partial charge in [-0.15, -0.1) is 0 Å². The maximum atomic E-state index is 12.3. The zero-order chi connectivity index (χ0) is 19.5. The molecule has 1 aliphatic rings. The first-order chi connectivity index (χ1) is 13.6. The molecular weight excluding hydrogens is 372 g/mol. The predicted molar refractivity (Wildman–Crippen MR) is 111 cm³/mol. The van der Waals surface area contributed by atoms with Gasteiger partial charge in [0.1, 0.15) is 12.7 Å². The van der Waals surface area contributed by atoms with E-state index in [1.165, 1.54) is 17.3 Å². The number of para-hydroxylation sites is 3. The second kappa shape index (κ2) is 8.10. The van der Waals surface area contributed by atoms with E-state index in [0.29, 0.717) is 24.7 Å². The Bertz CT molecular complexity index is 1020. The largest absolute Gasteiger partial charge is 0.486 e. The standard InChI is InChI=1S/C22H22N2O3S/c1-14-6-5-7-17-15(2)10-21(24-22(14)17)28-13-20(25)23-11-16-12-26-18-8-3-4-9-19(18)27-16/h3-10,16H,11-13H2,1-2H3,(H,23,25)/t16-/m0/s1. The fourth-order valence-electron chi connectivity index (χ4n) is 3.19. The summed E-state index contributed by atoms with van der Waals surface area (Å²) in [5, 5.41) is 4.94. The molecule has 0 fully saturated rings. The molecule has 1 amide bonds. The molecule has 28 heavy (non-hydrogen) atoms. The van der Waals surface area contributed by atoms with Gasteiger partial charge in [0, 0.05) is 5.39 Å². The van der Waals surface area contributed by atoms with Crippen LogP contribution in [-0.4, -0.2) is 35.9 Å². The van der Waals surface area contributed by atoms with Crippen LogP contribution in [0.25, 0.3) is 10.9 Å². The Morgan fingerprint density at radius 3 is 2.82 bits per heavy atom. The topological polar surface area (TPSA) is 60.5 Å². The number of carbonyl (C=O) groups excluding carboxylic acids is 1. The molecule has 3 aromatic rings. The molecule has 144 valence electrons. The number of aryl methyl sites for hydroxylation is 2.